The van der Waals surface area contributed by atoms with Crippen LogP contribution in [0, 0.1) is 39.4 Å². The standard InChI is InChI=1S/C52H74N4O34S4/c53-3-21(91)22(4-54)92-1-2-93-23(5-55)24(6-56)94-13-20-45-31(69)38(76)52(83-20)89-44-19(12-62)81-50(36(74)29(44)67)87-42-17(10-60)79-48(34(72)27(42)65)85-40-15(8-58)77-46(32(70)25(40)63)84-39-14(7-57)78-47(33(71)26(39)64)86-41-16(9-59)80-49(35(73)28(41)66)88-43-18(11-61)82-51(90-45)37(75)30(43)68/h14-20,25-52,54,57-76H,1-2,7-13H2/b24-23-/t14-,15-,16-,17-,18-,19-,20-,25-,26-,27-,28-,29-,30-,31-,32-,33-,34-,35-,36-,37-,38-,39-,40-,41-,42-,43-,44-,45-,46-,47-,48-,49-,50-,51-,52-/m1/s1. The van der Waals surface area contributed by atoms with Gasteiger partial charge in [-0.3, -0.25) is 5.41 Å². The average Bonchev–Trinajstić information content (AvgIpc) is 0.781. The SMILES string of the molecule is N#CC(=S)C(=C=N)SCCS/C(C#N)=C(/C#N)SC[C@H]1O[C@@H]2O[C@H]3[C@H](O)[C@@H](O)[C@@H](O[C@H]4[C@H](O)[C@@H](O)[C@@H](O[C@H]5[C@H](O)[C@@H](O)[C@@H](O[C@H]6[C@H](O)[C@@H](O)[C@@H](O[C@H]7[C@H](O)[C@@H](O)[C@@H](O[C@H]8[C@H](O)[C@@H](O)[C@@H](O[C@H]1[C@H](O)[C@H]2O)O[C@@H]8CO)O[C@@H]7CO)O[C@@H]6CO)O[C@@H]5CO)O[C@@H]4CO)O[C@@H]3CO. The fourth-order valence-corrected chi connectivity index (χ4v) is 14.3. The van der Waals surface area contributed by atoms with Gasteiger partial charge in [0.05, 0.1) is 50.7 Å². The van der Waals surface area contributed by atoms with Gasteiger partial charge in [-0.15, -0.1) is 35.3 Å². The van der Waals surface area contributed by atoms with E-state index in [9.17, 15) is 113 Å². The van der Waals surface area contributed by atoms with Crippen LogP contribution in [0.2, 0.25) is 0 Å². The van der Waals surface area contributed by atoms with Crippen molar-refractivity contribution in [3.63, 3.8) is 0 Å². The summed E-state index contributed by atoms with van der Waals surface area (Å²) in [6.07, 6.45) is -72.5. The normalized spacial score (nSPS) is 47.4. The molecule has 0 aliphatic carbocycles. The monoisotopic (exact) mass is 1430 g/mol. The van der Waals surface area contributed by atoms with Gasteiger partial charge in [-0.1, -0.05) is 12.2 Å². The summed E-state index contributed by atoms with van der Waals surface area (Å²) in [6.45, 7) is -6.55. The highest BCUT2D eigenvalue weighted by Gasteiger charge is 2.60. The second-order valence-corrected chi connectivity index (χ2v) is 25.9. The van der Waals surface area contributed by atoms with E-state index in [0.29, 0.717) is 11.8 Å². The zero-order valence-corrected chi connectivity index (χ0v) is 52.0. The molecule has 21 N–H and O–H groups in total. The third kappa shape index (κ3) is 16.6. The fraction of sp³-hybridized carbons (Fsp3) is 0.846. The molecule has 0 aromatic heterocycles. The molecule has 14 bridgehead atoms. The molecule has 21 aliphatic rings. The first-order chi connectivity index (χ1) is 44.9. The second-order valence-electron chi connectivity index (χ2n) is 22.3. The molecule has 0 aromatic carbocycles. The molecule has 21 fully saturated rings. The lowest BCUT2D eigenvalue weighted by Crippen LogP contribution is -2.68. The Morgan fingerprint density at radius 3 is 0.734 bits per heavy atom. The van der Waals surface area contributed by atoms with E-state index >= 15 is 0 Å². The molecule has 0 amide bonds. The zero-order valence-electron chi connectivity index (χ0n) is 48.7. The summed E-state index contributed by atoms with van der Waals surface area (Å²) in [5.74, 6) is 1.75. The average molecular weight is 1430 g/mol. The number of hydrogen-bond acceptors (Lipinski definition) is 42. The summed E-state index contributed by atoms with van der Waals surface area (Å²) >= 11 is 7.38. The van der Waals surface area contributed by atoms with Crippen LogP contribution < -0.4 is 0 Å². The molecule has 0 saturated carbocycles. The van der Waals surface area contributed by atoms with Crippen LogP contribution in [0.15, 0.2) is 14.7 Å². The lowest BCUT2D eigenvalue weighted by atomic mass is 9.95. The van der Waals surface area contributed by atoms with Crippen LogP contribution >= 0.6 is 47.5 Å². The molecule has 0 aromatic rings. The van der Waals surface area contributed by atoms with Crippen LogP contribution in [0.4, 0.5) is 0 Å². The number of ether oxygens (including phenoxy) is 14. The minimum atomic E-state index is -2.31. The van der Waals surface area contributed by atoms with E-state index < -0.39 is 260 Å². The molecule has 42 heteroatoms. The Hall–Kier alpha value is -2.56. The summed E-state index contributed by atoms with van der Waals surface area (Å²) in [5.41, 5.74) is 0. The van der Waals surface area contributed by atoms with Crippen molar-refractivity contribution in [2.45, 2.75) is 215 Å². The zero-order chi connectivity index (χ0) is 68.7. The van der Waals surface area contributed by atoms with Crippen molar-refractivity contribution >= 4 is 58.2 Å². The van der Waals surface area contributed by atoms with Crippen molar-refractivity contribution in [2.24, 2.45) is 0 Å². The maximum atomic E-state index is 11.9. The van der Waals surface area contributed by atoms with Gasteiger partial charge in [0.25, 0.3) is 0 Å². The molecule has 38 nitrogen and oxygen atoms in total. The van der Waals surface area contributed by atoms with E-state index in [1.54, 1.807) is 6.07 Å². The van der Waals surface area contributed by atoms with Crippen molar-refractivity contribution in [2.75, 3.05) is 56.9 Å². The van der Waals surface area contributed by atoms with Gasteiger partial charge in [-0.25, -0.2) is 0 Å². The summed E-state index contributed by atoms with van der Waals surface area (Å²) in [6, 6.07) is 5.48. The van der Waals surface area contributed by atoms with E-state index in [2.05, 4.69) is 5.87 Å². The molecule has 21 saturated heterocycles. The first kappa shape index (κ1) is 77.2. The Bertz CT molecular complexity index is 2700. The Labute approximate surface area is 550 Å². The van der Waals surface area contributed by atoms with Gasteiger partial charge < -0.3 is 168 Å². The summed E-state index contributed by atoms with van der Waals surface area (Å²) in [5, 5.41) is 262. The lowest BCUT2D eigenvalue weighted by molar-refractivity contribution is -0.396. The van der Waals surface area contributed by atoms with Gasteiger partial charge in [0.15, 0.2) is 44.0 Å². The number of hydrogen-bond donors (Lipinski definition) is 21. The third-order valence-corrected chi connectivity index (χ3v) is 20.3. The Morgan fingerprint density at radius 1 is 0.309 bits per heavy atom. The summed E-state index contributed by atoms with van der Waals surface area (Å²) < 4.78 is 81.3. The highest BCUT2D eigenvalue weighted by Crippen LogP contribution is 2.40. The number of aliphatic hydroxyl groups excluding tert-OH is 20. The largest absolute Gasteiger partial charge is 0.394 e. The van der Waals surface area contributed by atoms with Gasteiger partial charge in [0.1, 0.15) is 198 Å². The fourth-order valence-electron chi connectivity index (χ4n) is 11.4. The van der Waals surface area contributed by atoms with Gasteiger partial charge in [0.2, 0.25) is 0 Å². The second kappa shape index (κ2) is 34.7. The maximum Gasteiger partial charge on any atom is 0.187 e. The maximum absolute atomic E-state index is 11.9. The quantitative estimate of drug-likeness (QED) is 0.0238. The van der Waals surface area contributed by atoms with E-state index in [0.717, 1.165) is 23.5 Å². The Morgan fingerprint density at radius 2 is 0.521 bits per heavy atom. The van der Waals surface area contributed by atoms with E-state index in [1.165, 1.54) is 0 Å². The van der Waals surface area contributed by atoms with Crippen LogP contribution in [0.25, 0.3) is 0 Å². The van der Waals surface area contributed by atoms with Crippen LogP contribution in [-0.2, 0) is 66.3 Å². The number of nitrogens with one attached hydrogen (secondary N) is 1. The predicted molar refractivity (Wildman–Crippen MR) is 306 cm³/mol. The molecule has 0 spiro atoms. The van der Waals surface area contributed by atoms with Crippen molar-refractivity contribution in [1.29, 1.82) is 21.2 Å². The molecule has 530 valence electrons. The topological polar surface area (TPSA) is 629 Å². The number of aliphatic hydroxyl groups is 20. The molecular weight excluding hydrogens is 1350 g/mol. The van der Waals surface area contributed by atoms with Crippen molar-refractivity contribution in [3.05, 3.63) is 14.7 Å². The van der Waals surface area contributed by atoms with Crippen molar-refractivity contribution < 1.29 is 168 Å². The number of thiocarbonyl (C=S) groups is 1. The molecule has 0 radical (unpaired) electrons. The van der Waals surface area contributed by atoms with Gasteiger partial charge in [0, 0.05) is 17.3 Å². The van der Waals surface area contributed by atoms with Crippen LogP contribution in [0.5, 0.6) is 0 Å². The van der Waals surface area contributed by atoms with Gasteiger partial charge >= 0.3 is 0 Å². The minimum Gasteiger partial charge on any atom is -0.394 e. The number of allylic oxidation sites excluding steroid dienone is 3. The van der Waals surface area contributed by atoms with Gasteiger partial charge in [-0.05, 0) is 5.87 Å². The smallest absolute Gasteiger partial charge is 0.187 e. The molecular formula is C52H74N4O34S4. The van der Waals surface area contributed by atoms with E-state index in [1.807, 2.05) is 12.1 Å². The first-order valence-corrected chi connectivity index (χ1v) is 32.3. The Balaban J connectivity index is 1.11. The predicted octanol–water partition coefficient (Wildman–Crippen LogP) is -11.7. The number of rotatable bonds is 15. The number of thioether (sulfide) groups is 3. The van der Waals surface area contributed by atoms with Gasteiger partial charge in [-0.2, -0.15) is 15.8 Å². The number of nitriles is 3. The van der Waals surface area contributed by atoms with E-state index in [-0.39, 0.29) is 31.1 Å². The third-order valence-electron chi connectivity index (χ3n) is 16.4. The van der Waals surface area contributed by atoms with Crippen molar-refractivity contribution in [3.8, 4) is 18.2 Å². The lowest BCUT2D eigenvalue weighted by Gasteiger charge is -2.50. The van der Waals surface area contributed by atoms with Crippen molar-refractivity contribution in [1.82, 2.24) is 0 Å². The minimum absolute atomic E-state index is 0.0423. The van der Waals surface area contributed by atoms with E-state index in [4.69, 9.17) is 89.2 Å². The highest BCUT2D eigenvalue weighted by molar-refractivity contribution is 8.09. The molecule has 35 atom stereocenters. The summed E-state index contributed by atoms with van der Waals surface area (Å²) in [7, 11) is 0. The molecule has 94 heavy (non-hydrogen) atoms. The van der Waals surface area contributed by atoms with Crippen LogP contribution in [0.3, 0.4) is 0 Å². The number of nitrogens with zero attached hydrogens (tertiary/aromatic N) is 3. The molecule has 21 aliphatic heterocycles. The van der Waals surface area contributed by atoms with Crippen LogP contribution in [0.1, 0.15) is 0 Å². The van der Waals surface area contributed by atoms with Crippen LogP contribution in [-0.4, -0.2) is 385 Å². The molecule has 21 rings (SSSR count). The highest BCUT2D eigenvalue weighted by atomic mass is 32.2. The first-order valence-electron chi connectivity index (χ1n) is 28.9. The molecule has 21 heterocycles. The summed E-state index contributed by atoms with van der Waals surface area (Å²) in [4.78, 5) is -0.620. The molecule has 0 unspecified atom stereocenters. The Kier molecular flexibility index (Phi) is 28.5.